The number of amides is 1. The van der Waals surface area contributed by atoms with E-state index in [1.807, 2.05) is 67.2 Å². The van der Waals surface area contributed by atoms with Crippen molar-refractivity contribution >= 4 is 28.1 Å². The number of pyridine rings is 1. The molecule has 0 aliphatic rings. The number of aryl methyl sites for hydroxylation is 3. The minimum absolute atomic E-state index is 0.0314. The number of anilines is 1. The maximum absolute atomic E-state index is 13.5. The van der Waals surface area contributed by atoms with Crippen molar-refractivity contribution in [2.24, 2.45) is 12.8 Å². The van der Waals surface area contributed by atoms with E-state index in [0.29, 0.717) is 11.0 Å². The van der Waals surface area contributed by atoms with Gasteiger partial charge in [0.1, 0.15) is 5.56 Å². The zero-order chi connectivity index (χ0) is 29.1. The predicted molar refractivity (Wildman–Crippen MR) is 159 cm³/mol. The first kappa shape index (κ1) is 26.9. The first-order chi connectivity index (χ1) is 19.8. The monoisotopic (exact) mass is 544 g/mol. The highest BCUT2D eigenvalue weighted by Gasteiger charge is 2.15. The molecule has 10 nitrogen and oxygen atoms in total. The van der Waals surface area contributed by atoms with Crippen LogP contribution in [-0.2, 0) is 13.5 Å². The van der Waals surface area contributed by atoms with Crippen molar-refractivity contribution < 1.29 is 4.79 Å². The number of primary amides is 1. The number of benzene rings is 2. The Morgan fingerprint density at radius 3 is 2.59 bits per heavy atom. The smallest absolute Gasteiger partial charge is 0.264 e. The summed E-state index contributed by atoms with van der Waals surface area (Å²) in [6.45, 7) is 4.10. The number of nitrogens with zero attached hydrogens (tertiary/aromatic N) is 6. The van der Waals surface area contributed by atoms with Gasteiger partial charge in [0.25, 0.3) is 11.5 Å². The second kappa shape index (κ2) is 11.2. The Bertz CT molecular complexity index is 2040. The van der Waals surface area contributed by atoms with Crippen LogP contribution in [0.3, 0.4) is 0 Å². The van der Waals surface area contributed by atoms with Crippen LogP contribution in [0.25, 0.3) is 22.1 Å². The van der Waals surface area contributed by atoms with E-state index in [0.717, 1.165) is 39.9 Å². The van der Waals surface area contributed by atoms with E-state index >= 15 is 0 Å². The number of carbonyl (C=O) groups excluding carboxylic acids is 1. The third-order valence-corrected chi connectivity index (χ3v) is 6.46. The van der Waals surface area contributed by atoms with Gasteiger partial charge in [0.2, 0.25) is 0 Å². The number of fused-ring (bicyclic) bond motifs is 2. The van der Waals surface area contributed by atoms with Crippen LogP contribution in [-0.4, -0.2) is 34.9 Å². The van der Waals surface area contributed by atoms with Gasteiger partial charge in [-0.2, -0.15) is 5.10 Å². The van der Waals surface area contributed by atoms with E-state index in [-0.39, 0.29) is 16.9 Å². The Kier molecular flexibility index (Phi) is 7.35. The molecule has 204 valence electrons. The highest BCUT2D eigenvalue weighted by Crippen LogP contribution is 2.20. The van der Waals surface area contributed by atoms with Crippen molar-refractivity contribution in [2.75, 3.05) is 5.73 Å². The second-order valence-corrected chi connectivity index (χ2v) is 9.40. The first-order valence-corrected chi connectivity index (χ1v) is 12.9. The van der Waals surface area contributed by atoms with Gasteiger partial charge in [-0.25, -0.2) is 9.50 Å². The van der Waals surface area contributed by atoms with E-state index in [2.05, 4.69) is 40.0 Å². The molecule has 0 aliphatic heterocycles. The van der Waals surface area contributed by atoms with E-state index in [4.69, 9.17) is 11.5 Å². The van der Waals surface area contributed by atoms with Crippen LogP contribution in [0.5, 0.6) is 0 Å². The molecule has 2 aromatic carbocycles. The van der Waals surface area contributed by atoms with Crippen LogP contribution < -0.4 is 17.0 Å². The van der Waals surface area contributed by atoms with Crippen molar-refractivity contribution in [3.8, 4) is 17.5 Å². The molecule has 41 heavy (non-hydrogen) atoms. The van der Waals surface area contributed by atoms with Crippen molar-refractivity contribution in [1.82, 2.24) is 28.9 Å². The van der Waals surface area contributed by atoms with Gasteiger partial charge in [0.05, 0.1) is 17.1 Å². The first-order valence-electron chi connectivity index (χ1n) is 12.9. The molecule has 6 rings (SSSR count). The molecule has 4 heterocycles. The van der Waals surface area contributed by atoms with Crippen molar-refractivity contribution in [1.29, 1.82) is 0 Å². The molecule has 4 N–H and O–H groups in total. The molecule has 0 spiro atoms. The van der Waals surface area contributed by atoms with E-state index in [9.17, 15) is 9.59 Å². The van der Waals surface area contributed by atoms with Crippen LogP contribution in [0.4, 0.5) is 5.82 Å². The fourth-order valence-electron chi connectivity index (χ4n) is 4.60. The van der Waals surface area contributed by atoms with Gasteiger partial charge in [-0.15, -0.1) is 5.10 Å². The van der Waals surface area contributed by atoms with Crippen LogP contribution in [0.15, 0.2) is 84.2 Å². The molecular weight excluding hydrogens is 516 g/mol. The Balaban J connectivity index is 0.000000216. The summed E-state index contributed by atoms with van der Waals surface area (Å²) in [6, 6.07) is 17.6. The molecule has 4 aromatic heterocycles. The Labute approximate surface area is 235 Å². The highest BCUT2D eigenvalue weighted by molar-refractivity contribution is 6.03. The van der Waals surface area contributed by atoms with Crippen molar-refractivity contribution in [3.05, 3.63) is 118 Å². The number of aromatic nitrogens is 6. The molecule has 0 fully saturated rings. The molecular formula is C31H28N8O2. The molecule has 0 saturated carbocycles. The Hall–Kier alpha value is -5.69. The van der Waals surface area contributed by atoms with E-state index in [1.165, 1.54) is 4.52 Å². The number of hydrogen-bond acceptors (Lipinski definition) is 6. The van der Waals surface area contributed by atoms with E-state index in [1.54, 1.807) is 29.3 Å². The summed E-state index contributed by atoms with van der Waals surface area (Å²) in [7, 11) is 1.86. The molecule has 0 aliphatic carbocycles. The third kappa shape index (κ3) is 5.42. The normalized spacial score (nSPS) is 10.6. The number of carbonyl (C=O) groups is 1. The molecule has 6 aromatic rings. The standard InChI is InChI=1S/C24H21N3O.C7H7N5O/c1-4-21-14-20-9-6-8-19(12-11-18-15-25-26(3)16-18)23(20)24(28)27(21)22-10-5-7-17(2)13-22;8-5-4(6(9)13)7-10-2-1-3-12(7)11-5/h5-10,13-16H,4H2,1-3H3;1-3H,(H2,8,11)(H2,9,13). The fourth-order valence-corrected chi connectivity index (χ4v) is 4.60. The number of hydrogen-bond donors (Lipinski definition) is 2. The molecule has 1 amide bonds. The lowest BCUT2D eigenvalue weighted by molar-refractivity contribution is 0.100. The van der Waals surface area contributed by atoms with Gasteiger partial charge >= 0.3 is 0 Å². The number of rotatable bonds is 3. The maximum Gasteiger partial charge on any atom is 0.264 e. The lowest BCUT2D eigenvalue weighted by Crippen LogP contribution is -2.22. The van der Waals surface area contributed by atoms with Crippen LogP contribution in [0, 0.1) is 18.8 Å². The Morgan fingerprint density at radius 1 is 1.07 bits per heavy atom. The Morgan fingerprint density at radius 2 is 1.88 bits per heavy atom. The summed E-state index contributed by atoms with van der Waals surface area (Å²) in [5.74, 6) is 5.77. The summed E-state index contributed by atoms with van der Waals surface area (Å²) >= 11 is 0. The maximum atomic E-state index is 13.5. The van der Waals surface area contributed by atoms with Gasteiger partial charge < -0.3 is 11.5 Å². The summed E-state index contributed by atoms with van der Waals surface area (Å²) in [6.07, 6.45) is 7.54. The van der Waals surface area contributed by atoms with Gasteiger partial charge in [0, 0.05) is 42.6 Å². The quantitative estimate of drug-likeness (QED) is 0.328. The molecule has 0 atom stereocenters. The zero-order valence-corrected chi connectivity index (χ0v) is 22.9. The lowest BCUT2D eigenvalue weighted by Gasteiger charge is -2.14. The minimum Gasteiger partial charge on any atom is -0.381 e. The van der Waals surface area contributed by atoms with Crippen LogP contribution >= 0.6 is 0 Å². The van der Waals surface area contributed by atoms with Gasteiger partial charge in [-0.05, 0) is 54.6 Å². The topological polar surface area (TPSA) is 139 Å². The largest absolute Gasteiger partial charge is 0.381 e. The average molecular weight is 545 g/mol. The summed E-state index contributed by atoms with van der Waals surface area (Å²) < 4.78 is 4.94. The predicted octanol–water partition coefficient (Wildman–Crippen LogP) is 3.41. The zero-order valence-electron chi connectivity index (χ0n) is 22.9. The minimum atomic E-state index is -0.619. The summed E-state index contributed by atoms with van der Waals surface area (Å²) in [5, 5.41) is 9.58. The van der Waals surface area contributed by atoms with Crippen LogP contribution in [0.2, 0.25) is 0 Å². The highest BCUT2D eigenvalue weighted by atomic mass is 16.1. The molecule has 0 saturated heterocycles. The SMILES string of the molecule is CCc1cc2cccc(C#Cc3cnn(C)c3)c2c(=O)n1-c1cccc(C)c1.NC(=O)c1c(N)nn2cccnc12. The fraction of sp³-hybridized carbons (Fsp3) is 0.129. The summed E-state index contributed by atoms with van der Waals surface area (Å²) in [5.41, 5.74) is 15.7. The number of nitrogens with two attached hydrogens (primary N) is 2. The number of nitrogen functional groups attached to an aromatic ring is 1. The lowest BCUT2D eigenvalue weighted by atomic mass is 10.0. The molecule has 0 bridgehead atoms. The van der Waals surface area contributed by atoms with Crippen molar-refractivity contribution in [2.45, 2.75) is 20.3 Å². The second-order valence-electron chi connectivity index (χ2n) is 9.40. The van der Waals surface area contributed by atoms with Gasteiger partial charge in [-0.3, -0.25) is 18.8 Å². The van der Waals surface area contributed by atoms with E-state index < -0.39 is 5.91 Å². The average Bonchev–Trinajstić information content (AvgIpc) is 3.53. The van der Waals surface area contributed by atoms with Crippen LogP contribution in [0.1, 0.15) is 39.7 Å². The molecule has 10 heteroatoms. The third-order valence-electron chi connectivity index (χ3n) is 6.46. The van der Waals surface area contributed by atoms with Gasteiger partial charge in [-0.1, -0.05) is 43.0 Å². The van der Waals surface area contributed by atoms with Crippen molar-refractivity contribution in [3.63, 3.8) is 0 Å². The molecule has 0 radical (unpaired) electrons. The van der Waals surface area contributed by atoms with Gasteiger partial charge in [0.15, 0.2) is 11.5 Å². The summed E-state index contributed by atoms with van der Waals surface area (Å²) in [4.78, 5) is 28.4. The molecule has 0 unspecified atom stereocenters.